The molecule has 0 unspecified atom stereocenters. The van der Waals surface area contributed by atoms with Crippen LogP contribution in [0.25, 0.3) is 10.9 Å². The molecule has 5 heteroatoms. The van der Waals surface area contributed by atoms with Gasteiger partial charge in [-0.1, -0.05) is 12.5 Å². The van der Waals surface area contributed by atoms with Crippen LogP contribution in [-0.4, -0.2) is 52.7 Å². The molecule has 0 aliphatic carbocycles. The summed E-state index contributed by atoms with van der Waals surface area (Å²) in [7, 11) is 1.71. The molecule has 1 amide bonds. The average molecular weight is 414 g/mol. The highest BCUT2D eigenvalue weighted by Gasteiger charge is 2.25. The summed E-state index contributed by atoms with van der Waals surface area (Å²) >= 11 is 0. The number of aliphatic hydroxyl groups is 1. The van der Waals surface area contributed by atoms with E-state index in [4.69, 9.17) is 0 Å². The molecule has 166 valence electrons. The lowest BCUT2D eigenvalue weighted by atomic mass is 9.96. The van der Waals surface area contributed by atoms with Gasteiger partial charge in [0.15, 0.2) is 0 Å². The van der Waals surface area contributed by atoms with E-state index in [1.165, 1.54) is 47.8 Å². The summed E-state index contributed by atoms with van der Waals surface area (Å²) in [6.07, 6.45) is 11.4. The van der Waals surface area contributed by atoms with Crippen molar-refractivity contribution in [3.63, 3.8) is 0 Å². The minimum absolute atomic E-state index is 0.148. The number of unbranched alkanes of at least 4 members (excludes halogenated alkanes) is 2. The first-order valence-electron chi connectivity index (χ1n) is 11.6. The van der Waals surface area contributed by atoms with Gasteiger partial charge in [-0.3, -0.25) is 4.79 Å². The van der Waals surface area contributed by atoms with Crippen LogP contribution in [0.3, 0.4) is 0 Å². The first-order valence-corrected chi connectivity index (χ1v) is 11.6. The smallest absolute Gasteiger partial charge is 0.219 e. The highest BCUT2D eigenvalue weighted by Crippen LogP contribution is 2.27. The fourth-order valence-corrected chi connectivity index (χ4v) is 4.58. The Hall–Kier alpha value is -1.85. The van der Waals surface area contributed by atoms with Crippen molar-refractivity contribution in [2.45, 2.75) is 83.3 Å². The Balaban J connectivity index is 1.55. The number of aryl methyl sites for hydroxylation is 1. The summed E-state index contributed by atoms with van der Waals surface area (Å²) in [6.45, 7) is 6.08. The molecule has 1 atom stereocenters. The number of nitrogens with zero attached hydrogens (tertiary/aromatic N) is 1. The first kappa shape index (κ1) is 22.8. The highest BCUT2D eigenvalue weighted by atomic mass is 16.3. The number of carbonyl (C=O) groups is 1. The Morgan fingerprint density at radius 3 is 2.90 bits per heavy atom. The van der Waals surface area contributed by atoms with Gasteiger partial charge in [-0.2, -0.15) is 0 Å². The van der Waals surface area contributed by atoms with Crippen molar-refractivity contribution in [3.05, 3.63) is 35.5 Å². The van der Waals surface area contributed by atoms with Crippen molar-refractivity contribution in [1.29, 1.82) is 0 Å². The van der Waals surface area contributed by atoms with Crippen LogP contribution in [0.4, 0.5) is 0 Å². The van der Waals surface area contributed by atoms with E-state index in [2.05, 4.69) is 39.6 Å². The average Bonchev–Trinajstić information content (AvgIpc) is 3.32. The summed E-state index contributed by atoms with van der Waals surface area (Å²) in [5.41, 5.74) is 3.29. The second-order valence-electron chi connectivity index (χ2n) is 9.53. The van der Waals surface area contributed by atoms with Crippen molar-refractivity contribution >= 4 is 16.8 Å². The van der Waals surface area contributed by atoms with E-state index in [1.807, 2.05) is 13.8 Å². The standard InChI is InChI=1S/C25H39N3O2/c1-25(2,30)13-12-19-10-11-23-22(16-19)20(18-27-23)17-21-8-7-15-28(21)14-6-4-5-9-24(29)26-3/h10-11,16,18,21,27,30H,4-9,12-15,17H2,1-3H3,(H,26,29)/t21-/m1/s1. The zero-order chi connectivity index (χ0) is 21.6. The third-order valence-corrected chi connectivity index (χ3v) is 6.44. The predicted molar refractivity (Wildman–Crippen MR) is 124 cm³/mol. The Kier molecular flexibility index (Phi) is 7.95. The van der Waals surface area contributed by atoms with E-state index in [-0.39, 0.29) is 5.91 Å². The summed E-state index contributed by atoms with van der Waals surface area (Å²) < 4.78 is 0. The Labute approximate surface area is 181 Å². The quantitative estimate of drug-likeness (QED) is 0.484. The maximum Gasteiger partial charge on any atom is 0.219 e. The lowest BCUT2D eigenvalue weighted by Crippen LogP contribution is -2.32. The van der Waals surface area contributed by atoms with Crippen molar-refractivity contribution in [2.75, 3.05) is 20.1 Å². The molecule has 1 aromatic heterocycles. The van der Waals surface area contributed by atoms with Gasteiger partial charge >= 0.3 is 0 Å². The second kappa shape index (κ2) is 10.5. The van der Waals surface area contributed by atoms with Gasteiger partial charge < -0.3 is 20.3 Å². The molecule has 1 aliphatic heterocycles. The van der Waals surface area contributed by atoms with E-state index in [0.29, 0.717) is 12.5 Å². The molecule has 0 saturated carbocycles. The molecule has 1 fully saturated rings. The molecule has 30 heavy (non-hydrogen) atoms. The molecule has 0 bridgehead atoms. The minimum Gasteiger partial charge on any atom is -0.390 e. The summed E-state index contributed by atoms with van der Waals surface area (Å²) in [5, 5.41) is 14.1. The van der Waals surface area contributed by atoms with Crippen LogP contribution in [0.2, 0.25) is 0 Å². The summed E-state index contributed by atoms with van der Waals surface area (Å²) in [4.78, 5) is 17.4. The fraction of sp³-hybridized carbons (Fsp3) is 0.640. The lowest BCUT2D eigenvalue weighted by Gasteiger charge is -2.24. The molecule has 3 N–H and O–H groups in total. The van der Waals surface area contributed by atoms with Gasteiger partial charge in [0.25, 0.3) is 0 Å². The number of H-pyrrole nitrogens is 1. The number of fused-ring (bicyclic) bond motifs is 1. The van der Waals surface area contributed by atoms with E-state index in [9.17, 15) is 9.90 Å². The molecule has 2 aromatic rings. The lowest BCUT2D eigenvalue weighted by molar-refractivity contribution is -0.120. The van der Waals surface area contributed by atoms with Crippen LogP contribution in [0, 0.1) is 0 Å². The molecule has 2 heterocycles. The number of carbonyl (C=O) groups excluding carboxylic acids is 1. The van der Waals surface area contributed by atoms with Crippen LogP contribution < -0.4 is 5.32 Å². The second-order valence-corrected chi connectivity index (χ2v) is 9.53. The normalized spacial score (nSPS) is 17.7. The zero-order valence-electron chi connectivity index (χ0n) is 19.0. The fourth-order valence-electron chi connectivity index (χ4n) is 4.58. The van der Waals surface area contributed by atoms with Gasteiger partial charge in [0.2, 0.25) is 5.91 Å². The van der Waals surface area contributed by atoms with E-state index in [1.54, 1.807) is 7.05 Å². The molecule has 1 aromatic carbocycles. The van der Waals surface area contributed by atoms with Crippen molar-refractivity contribution in [2.24, 2.45) is 0 Å². The molecule has 1 saturated heterocycles. The largest absolute Gasteiger partial charge is 0.390 e. The molecular weight excluding hydrogens is 374 g/mol. The number of hydrogen-bond acceptors (Lipinski definition) is 3. The van der Waals surface area contributed by atoms with Gasteiger partial charge in [0.05, 0.1) is 5.60 Å². The minimum atomic E-state index is -0.624. The number of aromatic nitrogens is 1. The van der Waals surface area contributed by atoms with Crippen LogP contribution in [0.1, 0.15) is 69.9 Å². The van der Waals surface area contributed by atoms with Crippen molar-refractivity contribution in [1.82, 2.24) is 15.2 Å². The third-order valence-electron chi connectivity index (χ3n) is 6.44. The van der Waals surface area contributed by atoms with Gasteiger partial charge in [-0.05, 0) is 95.1 Å². The number of benzene rings is 1. The maximum absolute atomic E-state index is 11.3. The van der Waals surface area contributed by atoms with Crippen molar-refractivity contribution < 1.29 is 9.90 Å². The van der Waals surface area contributed by atoms with Gasteiger partial charge in [-0.15, -0.1) is 0 Å². The summed E-state index contributed by atoms with van der Waals surface area (Å²) in [5.74, 6) is 0.148. The Bertz CT molecular complexity index is 821. The summed E-state index contributed by atoms with van der Waals surface area (Å²) in [6, 6.07) is 7.28. The third kappa shape index (κ3) is 6.58. The number of likely N-dealkylation sites (tertiary alicyclic amines) is 1. The molecule has 1 aliphatic rings. The van der Waals surface area contributed by atoms with Crippen LogP contribution >= 0.6 is 0 Å². The maximum atomic E-state index is 11.3. The Morgan fingerprint density at radius 1 is 1.30 bits per heavy atom. The van der Waals surface area contributed by atoms with Crippen molar-refractivity contribution in [3.8, 4) is 0 Å². The number of rotatable bonds is 11. The van der Waals surface area contributed by atoms with Crippen LogP contribution in [-0.2, 0) is 17.6 Å². The van der Waals surface area contributed by atoms with Gasteiger partial charge in [-0.25, -0.2) is 0 Å². The van der Waals surface area contributed by atoms with Crippen LogP contribution in [0.5, 0.6) is 0 Å². The predicted octanol–water partition coefficient (Wildman–Crippen LogP) is 4.18. The van der Waals surface area contributed by atoms with Crippen LogP contribution in [0.15, 0.2) is 24.4 Å². The first-order chi connectivity index (χ1) is 14.4. The van der Waals surface area contributed by atoms with E-state index >= 15 is 0 Å². The molecular formula is C25H39N3O2. The number of aromatic amines is 1. The van der Waals surface area contributed by atoms with E-state index < -0.39 is 5.60 Å². The highest BCUT2D eigenvalue weighted by molar-refractivity contribution is 5.84. The topological polar surface area (TPSA) is 68.4 Å². The molecule has 3 rings (SSSR count). The molecule has 0 spiro atoms. The zero-order valence-corrected chi connectivity index (χ0v) is 19.0. The molecule has 0 radical (unpaired) electrons. The van der Waals surface area contributed by atoms with Gasteiger partial charge in [0.1, 0.15) is 0 Å². The van der Waals surface area contributed by atoms with Gasteiger partial charge in [0, 0.05) is 36.6 Å². The number of hydrogen-bond donors (Lipinski definition) is 3. The Morgan fingerprint density at radius 2 is 2.13 bits per heavy atom. The number of amides is 1. The SMILES string of the molecule is CNC(=O)CCCCCN1CCC[C@@H]1Cc1c[nH]c2ccc(CCC(C)(C)O)cc12. The number of nitrogens with one attached hydrogen (secondary N) is 2. The van der Waals surface area contributed by atoms with E-state index in [0.717, 1.165) is 38.6 Å². The molecule has 5 nitrogen and oxygen atoms in total. The monoisotopic (exact) mass is 413 g/mol.